The van der Waals surface area contributed by atoms with Crippen molar-refractivity contribution in [2.45, 2.75) is 44.1 Å². The summed E-state index contributed by atoms with van der Waals surface area (Å²) in [6.45, 7) is 0. The summed E-state index contributed by atoms with van der Waals surface area (Å²) in [6.07, 6.45) is 9.11. The van der Waals surface area contributed by atoms with Crippen molar-refractivity contribution < 1.29 is 1.43 Å². The molecule has 0 radical (unpaired) electrons. The van der Waals surface area contributed by atoms with Crippen LogP contribution in [0, 0.1) is 17.8 Å². The van der Waals surface area contributed by atoms with Gasteiger partial charge >= 0.3 is 0 Å². The molecule has 4 fully saturated rings. The van der Waals surface area contributed by atoms with Gasteiger partial charge in [-0.1, -0.05) is 0 Å². The molecule has 0 spiro atoms. The van der Waals surface area contributed by atoms with E-state index in [4.69, 9.17) is 0 Å². The van der Waals surface area contributed by atoms with Gasteiger partial charge in [-0.15, -0.1) is 0 Å². The van der Waals surface area contributed by atoms with E-state index in [-0.39, 0.29) is 1.43 Å². The Bertz CT molecular complexity index is 167. The first kappa shape index (κ1) is 7.37. The largest absolute Gasteiger partial charge is 0.314 e. The standard InChI is InChI=1S/C11H19N.H2/c1-12-11-5-8-2-9(6-11)4-10(3-8)7-11;/h8-10,12H,2-7H2,1H3;1H. The molecule has 1 nitrogen and oxygen atoms in total. The average molecular weight is 167 g/mol. The smallest absolute Gasteiger partial charge is 0.0186 e. The molecular weight excluding hydrogens is 146 g/mol. The molecule has 70 valence electrons. The van der Waals surface area contributed by atoms with E-state index in [2.05, 4.69) is 12.4 Å². The predicted octanol–water partition coefficient (Wildman–Crippen LogP) is 2.42. The van der Waals surface area contributed by atoms with Crippen molar-refractivity contribution in [1.29, 1.82) is 0 Å². The van der Waals surface area contributed by atoms with Crippen molar-refractivity contribution in [1.82, 2.24) is 5.32 Å². The molecule has 4 saturated carbocycles. The monoisotopic (exact) mass is 167 g/mol. The fourth-order valence-electron chi connectivity index (χ4n) is 4.42. The lowest BCUT2D eigenvalue weighted by Gasteiger charge is -2.56. The quantitative estimate of drug-likeness (QED) is 0.632. The Morgan fingerprint density at radius 2 is 1.42 bits per heavy atom. The molecule has 1 heteroatoms. The van der Waals surface area contributed by atoms with E-state index in [0.717, 1.165) is 17.8 Å². The molecule has 0 aliphatic heterocycles. The molecule has 0 saturated heterocycles. The summed E-state index contributed by atoms with van der Waals surface area (Å²) in [7, 11) is 2.17. The van der Waals surface area contributed by atoms with E-state index in [9.17, 15) is 0 Å². The molecule has 4 aliphatic rings. The summed E-state index contributed by atoms with van der Waals surface area (Å²) in [6, 6.07) is 0. The van der Waals surface area contributed by atoms with Gasteiger partial charge in [-0.2, -0.15) is 0 Å². The Balaban J connectivity index is 0.000000653. The van der Waals surface area contributed by atoms with Crippen LogP contribution >= 0.6 is 0 Å². The van der Waals surface area contributed by atoms with E-state index >= 15 is 0 Å². The van der Waals surface area contributed by atoms with Gasteiger partial charge in [0.2, 0.25) is 0 Å². The second-order valence-electron chi connectivity index (χ2n) is 5.45. The Morgan fingerprint density at radius 1 is 1.00 bits per heavy atom. The number of hydrogen-bond donors (Lipinski definition) is 1. The van der Waals surface area contributed by atoms with Crippen LogP contribution in [0.15, 0.2) is 0 Å². The van der Waals surface area contributed by atoms with E-state index < -0.39 is 0 Å². The molecular formula is C11H21N. The molecule has 0 aromatic carbocycles. The molecule has 4 aliphatic carbocycles. The third-order valence-corrected chi connectivity index (χ3v) is 4.57. The molecule has 0 heterocycles. The van der Waals surface area contributed by atoms with Gasteiger partial charge in [0.15, 0.2) is 0 Å². The zero-order valence-corrected chi connectivity index (χ0v) is 7.97. The van der Waals surface area contributed by atoms with Crippen molar-refractivity contribution >= 4 is 0 Å². The highest BCUT2D eigenvalue weighted by Crippen LogP contribution is 2.55. The zero-order valence-electron chi connectivity index (χ0n) is 7.97. The second kappa shape index (κ2) is 2.25. The van der Waals surface area contributed by atoms with Gasteiger partial charge in [-0.25, -0.2) is 0 Å². The molecule has 4 bridgehead atoms. The molecule has 0 aromatic heterocycles. The Labute approximate surface area is 76.4 Å². The van der Waals surface area contributed by atoms with Crippen LogP contribution in [0.5, 0.6) is 0 Å². The lowest BCUT2D eigenvalue weighted by atomic mass is 9.53. The molecule has 4 rings (SSSR count). The molecule has 0 unspecified atom stereocenters. The fourth-order valence-corrected chi connectivity index (χ4v) is 4.42. The van der Waals surface area contributed by atoms with Crippen LogP contribution in [0.1, 0.15) is 40.0 Å². The lowest BCUT2D eigenvalue weighted by molar-refractivity contribution is -0.0158. The number of rotatable bonds is 1. The van der Waals surface area contributed by atoms with Gasteiger partial charge in [0.25, 0.3) is 0 Å². The molecule has 1 N–H and O–H groups in total. The highest BCUT2D eigenvalue weighted by Gasteiger charge is 2.49. The van der Waals surface area contributed by atoms with Crippen LogP contribution in [0.25, 0.3) is 0 Å². The van der Waals surface area contributed by atoms with E-state index in [1.807, 2.05) is 0 Å². The summed E-state index contributed by atoms with van der Waals surface area (Å²) in [5.74, 6) is 3.26. The van der Waals surface area contributed by atoms with Crippen LogP contribution in [0.3, 0.4) is 0 Å². The van der Waals surface area contributed by atoms with Crippen molar-refractivity contribution in [3.8, 4) is 0 Å². The fraction of sp³-hybridized carbons (Fsp3) is 1.00. The van der Waals surface area contributed by atoms with Gasteiger partial charge in [-0.05, 0) is 63.3 Å². The molecule has 0 aromatic rings. The Kier molecular flexibility index (Phi) is 1.39. The van der Waals surface area contributed by atoms with Gasteiger partial charge in [0.05, 0.1) is 0 Å². The maximum atomic E-state index is 3.61. The molecule has 0 amide bonds. The number of nitrogens with one attached hydrogen (secondary N) is 1. The summed E-state index contributed by atoms with van der Waals surface area (Å²) in [4.78, 5) is 0. The topological polar surface area (TPSA) is 12.0 Å². The van der Waals surface area contributed by atoms with Crippen LogP contribution in [0.2, 0.25) is 0 Å². The average Bonchev–Trinajstić information content (AvgIpc) is 2.02. The summed E-state index contributed by atoms with van der Waals surface area (Å²) >= 11 is 0. The van der Waals surface area contributed by atoms with E-state index in [1.54, 1.807) is 19.3 Å². The lowest BCUT2D eigenvalue weighted by Crippen LogP contribution is -2.57. The minimum atomic E-state index is 0. The first-order chi connectivity index (χ1) is 5.80. The van der Waals surface area contributed by atoms with Crippen LogP contribution in [-0.4, -0.2) is 12.6 Å². The Hall–Kier alpha value is -0.0400. The second-order valence-corrected chi connectivity index (χ2v) is 5.45. The third kappa shape index (κ3) is 0.891. The van der Waals surface area contributed by atoms with Gasteiger partial charge < -0.3 is 5.32 Å². The zero-order chi connectivity index (χ0) is 8.18. The maximum absolute atomic E-state index is 3.61. The maximum Gasteiger partial charge on any atom is 0.0186 e. The van der Waals surface area contributed by atoms with Crippen LogP contribution in [0.4, 0.5) is 0 Å². The van der Waals surface area contributed by atoms with Crippen molar-refractivity contribution in [2.75, 3.05) is 7.05 Å². The van der Waals surface area contributed by atoms with E-state index in [0.29, 0.717) is 5.54 Å². The predicted molar refractivity (Wildman–Crippen MR) is 52.1 cm³/mol. The normalized spacial score (nSPS) is 56.2. The minimum Gasteiger partial charge on any atom is -0.314 e. The Morgan fingerprint density at radius 3 is 1.75 bits per heavy atom. The van der Waals surface area contributed by atoms with Crippen molar-refractivity contribution in [3.63, 3.8) is 0 Å². The van der Waals surface area contributed by atoms with Gasteiger partial charge in [0, 0.05) is 6.97 Å². The first-order valence-corrected chi connectivity index (χ1v) is 5.48. The van der Waals surface area contributed by atoms with Crippen LogP contribution < -0.4 is 5.32 Å². The summed E-state index contributed by atoms with van der Waals surface area (Å²) in [5.41, 5.74) is 0.592. The highest BCUT2D eigenvalue weighted by atomic mass is 15.0. The van der Waals surface area contributed by atoms with Gasteiger partial charge in [0.1, 0.15) is 0 Å². The minimum absolute atomic E-state index is 0. The van der Waals surface area contributed by atoms with Crippen LogP contribution in [-0.2, 0) is 0 Å². The number of hydrogen-bond acceptors (Lipinski definition) is 1. The van der Waals surface area contributed by atoms with Crippen molar-refractivity contribution in [2.24, 2.45) is 17.8 Å². The highest BCUT2D eigenvalue weighted by molar-refractivity contribution is 5.05. The van der Waals surface area contributed by atoms with E-state index in [1.165, 1.54) is 19.3 Å². The molecule has 12 heavy (non-hydrogen) atoms. The summed E-state index contributed by atoms with van der Waals surface area (Å²) < 4.78 is 0. The van der Waals surface area contributed by atoms with Gasteiger partial charge in [-0.3, -0.25) is 0 Å². The SMILES string of the molecule is CNC12CC3CC(CC(C3)C1)C2.[HH]. The van der Waals surface area contributed by atoms with Crippen molar-refractivity contribution in [3.05, 3.63) is 0 Å². The summed E-state index contributed by atoms with van der Waals surface area (Å²) in [5, 5.41) is 3.61. The molecule has 0 atom stereocenters. The first-order valence-electron chi connectivity index (χ1n) is 5.48. The third-order valence-electron chi connectivity index (χ3n) is 4.57.